The lowest BCUT2D eigenvalue weighted by molar-refractivity contribution is -0.144. The molecule has 2 rings (SSSR count). The van der Waals surface area contributed by atoms with E-state index in [1.165, 1.54) is 5.56 Å². The number of carbonyl (C=O) groups is 1. The van der Waals surface area contributed by atoms with Crippen LogP contribution in [0.4, 0.5) is 0 Å². The fraction of sp³-hybridized carbons (Fsp3) is 0.312. The molecule has 4 heteroatoms. The van der Waals surface area contributed by atoms with Gasteiger partial charge in [0, 0.05) is 11.4 Å². The Balaban J connectivity index is 2.28. The molecule has 0 amide bonds. The Morgan fingerprint density at radius 1 is 1.30 bits per heavy atom. The molecule has 0 aliphatic carbocycles. The van der Waals surface area contributed by atoms with Gasteiger partial charge in [-0.3, -0.25) is 5.32 Å². The van der Waals surface area contributed by atoms with E-state index < -0.39 is 11.5 Å². The molecular weight excluding hydrogens is 270 g/mol. The molecule has 0 saturated carbocycles. The number of carboxylic acids is 1. The first-order chi connectivity index (χ1) is 9.43. The second-order valence-corrected chi connectivity index (χ2v) is 6.19. The summed E-state index contributed by atoms with van der Waals surface area (Å²) in [6, 6.07) is 9.78. The Labute approximate surface area is 123 Å². The summed E-state index contributed by atoms with van der Waals surface area (Å²) in [6.07, 6.45) is 0. The van der Waals surface area contributed by atoms with Gasteiger partial charge in [-0.2, -0.15) is 0 Å². The number of hydrogen-bond acceptors (Lipinski definition) is 3. The summed E-state index contributed by atoms with van der Waals surface area (Å²) in [5, 5.41) is 14.8. The highest BCUT2D eigenvalue weighted by atomic mass is 32.1. The quantitative estimate of drug-likeness (QED) is 0.886. The van der Waals surface area contributed by atoms with Crippen LogP contribution in [0.25, 0.3) is 0 Å². The van der Waals surface area contributed by atoms with Gasteiger partial charge < -0.3 is 5.11 Å². The Kier molecular flexibility index (Phi) is 4.26. The Hall–Kier alpha value is -1.65. The van der Waals surface area contributed by atoms with Crippen LogP contribution < -0.4 is 5.32 Å². The lowest BCUT2D eigenvalue weighted by Crippen LogP contribution is -2.46. The van der Waals surface area contributed by atoms with Gasteiger partial charge >= 0.3 is 5.97 Å². The third-order valence-corrected chi connectivity index (χ3v) is 4.58. The van der Waals surface area contributed by atoms with Gasteiger partial charge in [0.15, 0.2) is 0 Å². The number of carboxylic acid groups (broad SMARTS) is 1. The lowest BCUT2D eigenvalue weighted by atomic mass is 9.89. The van der Waals surface area contributed by atoms with E-state index in [-0.39, 0.29) is 0 Å². The van der Waals surface area contributed by atoms with Crippen LogP contribution in [0.5, 0.6) is 0 Å². The summed E-state index contributed by atoms with van der Waals surface area (Å²) in [5.41, 5.74) is 1.97. The van der Waals surface area contributed by atoms with E-state index in [4.69, 9.17) is 0 Å². The second-order valence-electron chi connectivity index (χ2n) is 5.16. The molecule has 0 fully saturated rings. The van der Waals surface area contributed by atoms with Crippen LogP contribution in [0.2, 0.25) is 0 Å². The van der Waals surface area contributed by atoms with Crippen molar-refractivity contribution in [1.29, 1.82) is 0 Å². The van der Waals surface area contributed by atoms with Gasteiger partial charge in [0.2, 0.25) is 0 Å². The summed E-state index contributed by atoms with van der Waals surface area (Å²) < 4.78 is 0. The van der Waals surface area contributed by atoms with E-state index in [0.717, 1.165) is 16.0 Å². The first-order valence-electron chi connectivity index (χ1n) is 6.52. The van der Waals surface area contributed by atoms with Gasteiger partial charge in [0.25, 0.3) is 0 Å². The van der Waals surface area contributed by atoms with Gasteiger partial charge in [-0.1, -0.05) is 24.3 Å². The maximum absolute atomic E-state index is 11.7. The largest absolute Gasteiger partial charge is 0.480 e. The molecule has 106 valence electrons. The lowest BCUT2D eigenvalue weighted by Gasteiger charge is -2.27. The van der Waals surface area contributed by atoms with Crippen LogP contribution in [0.15, 0.2) is 35.7 Å². The summed E-state index contributed by atoms with van der Waals surface area (Å²) in [4.78, 5) is 12.8. The molecule has 1 unspecified atom stereocenters. The number of aryl methyl sites for hydroxylation is 2. The second kappa shape index (κ2) is 5.77. The van der Waals surface area contributed by atoms with Crippen molar-refractivity contribution < 1.29 is 9.90 Å². The number of rotatable bonds is 5. The zero-order valence-electron chi connectivity index (χ0n) is 11.9. The first-order valence-corrected chi connectivity index (χ1v) is 7.40. The minimum atomic E-state index is -1.08. The van der Waals surface area contributed by atoms with Crippen molar-refractivity contribution in [2.45, 2.75) is 32.9 Å². The van der Waals surface area contributed by atoms with Crippen LogP contribution in [0.1, 0.15) is 28.5 Å². The van der Waals surface area contributed by atoms with Crippen molar-refractivity contribution in [3.05, 3.63) is 57.3 Å². The van der Waals surface area contributed by atoms with E-state index in [2.05, 4.69) is 5.32 Å². The normalized spacial score (nSPS) is 13.9. The highest BCUT2D eigenvalue weighted by molar-refractivity contribution is 7.09. The molecule has 20 heavy (non-hydrogen) atoms. The van der Waals surface area contributed by atoms with E-state index in [1.807, 2.05) is 49.6 Å². The van der Waals surface area contributed by atoms with Crippen LogP contribution in [0, 0.1) is 13.8 Å². The summed E-state index contributed by atoms with van der Waals surface area (Å²) >= 11 is 1.62. The van der Waals surface area contributed by atoms with Crippen molar-refractivity contribution in [2.75, 3.05) is 0 Å². The van der Waals surface area contributed by atoms with Crippen molar-refractivity contribution in [1.82, 2.24) is 5.32 Å². The first kappa shape index (κ1) is 14.8. The van der Waals surface area contributed by atoms with E-state index in [0.29, 0.717) is 6.54 Å². The van der Waals surface area contributed by atoms with Crippen molar-refractivity contribution in [3.63, 3.8) is 0 Å². The van der Waals surface area contributed by atoms with Crippen LogP contribution in [-0.2, 0) is 16.9 Å². The van der Waals surface area contributed by atoms with Gasteiger partial charge in [-0.05, 0) is 48.9 Å². The Morgan fingerprint density at radius 3 is 2.60 bits per heavy atom. The molecule has 0 aliphatic rings. The minimum absolute atomic E-state index is 0.549. The van der Waals surface area contributed by atoms with Crippen molar-refractivity contribution in [3.8, 4) is 0 Å². The number of nitrogens with one attached hydrogen (secondary N) is 1. The highest BCUT2D eigenvalue weighted by Gasteiger charge is 2.34. The zero-order chi connectivity index (χ0) is 14.8. The molecule has 2 aromatic rings. The van der Waals surface area contributed by atoms with E-state index >= 15 is 0 Å². The third-order valence-electron chi connectivity index (χ3n) is 3.71. The van der Waals surface area contributed by atoms with Crippen LogP contribution in [-0.4, -0.2) is 11.1 Å². The SMILES string of the molecule is Cc1ccc(C(C)(NCc2cccs2)C(=O)O)cc1C. The number of benzene rings is 1. The van der Waals surface area contributed by atoms with Gasteiger partial charge in [-0.25, -0.2) is 4.79 Å². The topological polar surface area (TPSA) is 49.3 Å². The maximum atomic E-state index is 11.7. The minimum Gasteiger partial charge on any atom is -0.480 e. The molecule has 0 radical (unpaired) electrons. The van der Waals surface area contributed by atoms with Gasteiger partial charge in [0.05, 0.1) is 0 Å². The van der Waals surface area contributed by atoms with Gasteiger partial charge in [-0.15, -0.1) is 11.3 Å². The van der Waals surface area contributed by atoms with Crippen molar-refractivity contribution in [2.24, 2.45) is 0 Å². The number of aliphatic carboxylic acids is 1. The standard InChI is InChI=1S/C16H19NO2S/c1-11-6-7-13(9-12(11)2)16(3,15(18)19)17-10-14-5-4-8-20-14/h4-9,17H,10H2,1-3H3,(H,18,19). The number of hydrogen-bond donors (Lipinski definition) is 2. The third kappa shape index (κ3) is 2.92. The average Bonchev–Trinajstić information content (AvgIpc) is 2.92. The monoisotopic (exact) mass is 289 g/mol. The van der Waals surface area contributed by atoms with Crippen LogP contribution >= 0.6 is 11.3 Å². The maximum Gasteiger partial charge on any atom is 0.328 e. The van der Waals surface area contributed by atoms with Crippen molar-refractivity contribution >= 4 is 17.3 Å². The average molecular weight is 289 g/mol. The van der Waals surface area contributed by atoms with Crippen LogP contribution in [0.3, 0.4) is 0 Å². The molecule has 0 bridgehead atoms. The summed E-state index contributed by atoms with van der Waals surface area (Å²) in [6.45, 7) is 6.29. The molecule has 2 N–H and O–H groups in total. The predicted molar refractivity (Wildman–Crippen MR) is 82.1 cm³/mol. The molecule has 0 aliphatic heterocycles. The Bertz CT molecular complexity index is 607. The molecule has 0 saturated heterocycles. The summed E-state index contributed by atoms with van der Waals surface area (Å²) in [5.74, 6) is -0.864. The molecule has 3 nitrogen and oxygen atoms in total. The molecule has 0 spiro atoms. The molecule has 1 heterocycles. The van der Waals surface area contributed by atoms with E-state index in [1.54, 1.807) is 18.3 Å². The molecule has 1 atom stereocenters. The predicted octanol–water partition coefficient (Wildman–Crippen LogP) is 3.45. The molecule has 1 aromatic carbocycles. The fourth-order valence-electron chi connectivity index (χ4n) is 2.03. The Morgan fingerprint density at radius 2 is 2.05 bits per heavy atom. The fourth-order valence-corrected chi connectivity index (χ4v) is 2.68. The summed E-state index contributed by atoms with van der Waals surface area (Å²) in [7, 11) is 0. The smallest absolute Gasteiger partial charge is 0.328 e. The molecule has 1 aromatic heterocycles. The van der Waals surface area contributed by atoms with E-state index in [9.17, 15) is 9.90 Å². The molecular formula is C16H19NO2S. The van der Waals surface area contributed by atoms with Gasteiger partial charge in [0.1, 0.15) is 5.54 Å². The highest BCUT2D eigenvalue weighted by Crippen LogP contribution is 2.24. The zero-order valence-corrected chi connectivity index (χ0v) is 12.8. The number of thiophene rings is 1.